The number of hydrogen-bond acceptors (Lipinski definition) is 7. The Hall–Kier alpha value is -3.57. The Kier molecular flexibility index (Phi) is 7.98. The average molecular weight is 542 g/mol. The highest BCUT2D eigenvalue weighted by atomic mass is 32.2. The van der Waals surface area contributed by atoms with Crippen molar-refractivity contribution in [3.63, 3.8) is 0 Å². The zero-order valence-electron chi connectivity index (χ0n) is 22.7. The Morgan fingerprint density at radius 3 is 2.47 bits per heavy atom. The predicted molar refractivity (Wildman–Crippen MR) is 152 cm³/mol. The van der Waals surface area contributed by atoms with Gasteiger partial charge in [-0.15, -0.1) is 5.53 Å². The lowest BCUT2D eigenvalue weighted by atomic mass is 9.86. The van der Waals surface area contributed by atoms with E-state index >= 15 is 0 Å². The SMILES string of the molecule is COc1c(NC(=O)c2ccc(C)c(N3C=C(C(=O)NCC4CC4)NN3)c2)cc(C(C)(C)C)cc1N[SH+](C)=O. The molecule has 1 aliphatic carbocycles. The van der Waals surface area contributed by atoms with Gasteiger partial charge in [-0.2, -0.15) is 0 Å². The summed E-state index contributed by atoms with van der Waals surface area (Å²) in [6, 6.07) is 9.12. The second kappa shape index (κ2) is 11.0. The van der Waals surface area contributed by atoms with E-state index in [9.17, 15) is 13.8 Å². The van der Waals surface area contributed by atoms with E-state index in [4.69, 9.17) is 4.74 Å². The van der Waals surface area contributed by atoms with Gasteiger partial charge in [0.15, 0.2) is 16.7 Å². The van der Waals surface area contributed by atoms with Crippen LogP contribution in [-0.2, 0) is 25.4 Å². The molecule has 4 rings (SSSR count). The Morgan fingerprint density at radius 2 is 1.84 bits per heavy atom. The van der Waals surface area contributed by atoms with E-state index in [2.05, 4.69) is 47.1 Å². The third-order valence-electron chi connectivity index (χ3n) is 6.48. The Balaban J connectivity index is 1.58. The molecule has 2 aromatic carbocycles. The Bertz CT molecular complexity index is 1300. The number of carbonyl (C=O) groups excluding carboxylic acids is 2. The van der Waals surface area contributed by atoms with Gasteiger partial charge >= 0.3 is 0 Å². The first-order valence-corrected chi connectivity index (χ1v) is 14.3. The number of hydrazine groups is 2. The number of nitrogens with one attached hydrogen (secondary N) is 5. The lowest BCUT2D eigenvalue weighted by molar-refractivity contribution is -0.117. The van der Waals surface area contributed by atoms with E-state index in [1.54, 1.807) is 29.6 Å². The summed E-state index contributed by atoms with van der Waals surface area (Å²) in [4.78, 5) is 25.9. The monoisotopic (exact) mass is 541 g/mol. The number of benzene rings is 2. The Labute approximate surface area is 226 Å². The van der Waals surface area contributed by atoms with Gasteiger partial charge in [0.25, 0.3) is 11.8 Å². The van der Waals surface area contributed by atoms with E-state index in [1.807, 2.05) is 25.1 Å². The number of anilines is 3. The normalized spacial score (nSPS) is 15.8. The zero-order valence-corrected chi connectivity index (χ0v) is 23.6. The van der Waals surface area contributed by atoms with Gasteiger partial charge in [0.2, 0.25) is 0 Å². The summed E-state index contributed by atoms with van der Waals surface area (Å²) < 4.78 is 20.5. The maximum absolute atomic E-state index is 13.4. The largest absolute Gasteiger partial charge is 0.492 e. The summed E-state index contributed by atoms with van der Waals surface area (Å²) in [5.74, 6) is 0.476. The molecule has 10 nitrogen and oxygen atoms in total. The molecule has 2 amide bonds. The van der Waals surface area contributed by atoms with Gasteiger partial charge in [0.1, 0.15) is 17.6 Å². The van der Waals surface area contributed by atoms with E-state index in [-0.39, 0.29) is 17.2 Å². The van der Waals surface area contributed by atoms with E-state index in [0.29, 0.717) is 40.8 Å². The van der Waals surface area contributed by atoms with Gasteiger partial charge in [-0.05, 0) is 66.5 Å². The number of methoxy groups -OCH3 is 1. The van der Waals surface area contributed by atoms with Crippen molar-refractivity contribution in [2.75, 3.05) is 35.0 Å². The summed E-state index contributed by atoms with van der Waals surface area (Å²) >= 11 is 0. The van der Waals surface area contributed by atoms with Crippen molar-refractivity contribution in [1.82, 2.24) is 16.3 Å². The molecule has 0 aromatic heterocycles. The number of amides is 2. The molecule has 1 heterocycles. The molecule has 1 unspecified atom stereocenters. The van der Waals surface area contributed by atoms with E-state index < -0.39 is 11.0 Å². The fourth-order valence-corrected chi connectivity index (χ4v) is 4.55. The molecule has 204 valence electrons. The van der Waals surface area contributed by atoms with Crippen LogP contribution in [0.4, 0.5) is 17.1 Å². The summed E-state index contributed by atoms with van der Waals surface area (Å²) in [5.41, 5.74) is 10.1. The number of aryl methyl sites for hydroxylation is 1. The standard InChI is InChI=1S/C27H36N6O4S/c1-16-7-10-18(11-23(16)33-15-22(30-32-33)26(35)28-14-17-8-9-17)25(34)29-20-12-19(27(2,3)4)13-21(24(20)37-5)31-38(6)36/h7,10-13,15,17,30,32H,8-9,14H2,1-6H3,(H,28,35)(H,29,34)(H,31,36)/p+1. The maximum atomic E-state index is 13.4. The van der Waals surface area contributed by atoms with Crippen molar-refractivity contribution in [1.29, 1.82) is 0 Å². The molecule has 1 atom stereocenters. The van der Waals surface area contributed by atoms with Gasteiger partial charge in [-0.25, -0.2) is 4.72 Å². The summed E-state index contributed by atoms with van der Waals surface area (Å²) in [6.45, 7) is 8.80. The van der Waals surface area contributed by atoms with Crippen LogP contribution in [0, 0.1) is 12.8 Å². The quantitative estimate of drug-likeness (QED) is 0.244. The fourth-order valence-electron chi connectivity index (χ4n) is 4.05. The number of carbonyl (C=O) groups is 2. The van der Waals surface area contributed by atoms with Gasteiger partial charge in [-0.3, -0.25) is 20.0 Å². The second-order valence-corrected chi connectivity index (χ2v) is 11.9. The lowest BCUT2D eigenvalue weighted by Gasteiger charge is -2.23. The molecule has 2 aliphatic rings. The minimum absolute atomic E-state index is 0.178. The summed E-state index contributed by atoms with van der Waals surface area (Å²) in [5, 5.41) is 7.58. The van der Waals surface area contributed by atoms with Gasteiger partial charge in [0.05, 0.1) is 24.7 Å². The third kappa shape index (κ3) is 6.46. The van der Waals surface area contributed by atoms with E-state index in [0.717, 1.165) is 29.7 Å². The number of thiol groups is 1. The van der Waals surface area contributed by atoms with Crippen LogP contribution in [0.1, 0.15) is 55.1 Å². The van der Waals surface area contributed by atoms with Crippen LogP contribution in [0.3, 0.4) is 0 Å². The molecule has 0 spiro atoms. The van der Waals surface area contributed by atoms with Crippen LogP contribution < -0.4 is 36.1 Å². The lowest BCUT2D eigenvalue weighted by Crippen LogP contribution is -2.39. The van der Waals surface area contributed by atoms with Crippen LogP contribution in [0.15, 0.2) is 42.2 Å². The highest BCUT2D eigenvalue weighted by molar-refractivity contribution is 7.85. The second-order valence-electron chi connectivity index (χ2n) is 10.7. The fraction of sp³-hybridized carbons (Fsp3) is 0.407. The predicted octanol–water partition coefficient (Wildman–Crippen LogP) is 3.40. The first kappa shape index (κ1) is 27.5. The zero-order chi connectivity index (χ0) is 27.6. The molecular formula is C27H37N6O4S+. The van der Waals surface area contributed by atoms with Crippen molar-refractivity contribution in [3.8, 4) is 5.75 Å². The van der Waals surface area contributed by atoms with Crippen molar-refractivity contribution in [2.45, 2.75) is 46.0 Å². The number of hydrogen-bond donors (Lipinski definition) is 5. The number of ether oxygens (including phenoxy) is 1. The van der Waals surface area contributed by atoms with Crippen LogP contribution in [0.25, 0.3) is 0 Å². The summed E-state index contributed by atoms with van der Waals surface area (Å²) in [6.07, 6.45) is 5.57. The first-order chi connectivity index (χ1) is 18.0. The minimum Gasteiger partial charge on any atom is -0.492 e. The smallest absolute Gasteiger partial charge is 0.270 e. The topological polar surface area (TPSA) is 124 Å². The molecule has 1 saturated carbocycles. The summed E-state index contributed by atoms with van der Waals surface area (Å²) in [7, 11) is -0.183. The molecule has 1 fully saturated rings. The van der Waals surface area contributed by atoms with E-state index in [1.165, 1.54) is 7.11 Å². The van der Waals surface area contributed by atoms with Crippen molar-refractivity contribution < 1.29 is 18.5 Å². The van der Waals surface area contributed by atoms with Crippen LogP contribution in [-0.4, -0.2) is 31.7 Å². The molecule has 38 heavy (non-hydrogen) atoms. The average Bonchev–Trinajstić information content (AvgIpc) is 3.55. The van der Waals surface area contributed by atoms with Crippen LogP contribution in [0.2, 0.25) is 0 Å². The molecule has 1 aliphatic heterocycles. The molecule has 11 heteroatoms. The maximum Gasteiger partial charge on any atom is 0.270 e. The van der Waals surface area contributed by atoms with Crippen LogP contribution in [0.5, 0.6) is 5.75 Å². The van der Waals surface area contributed by atoms with Gasteiger partial charge < -0.3 is 15.4 Å². The highest BCUT2D eigenvalue weighted by Gasteiger charge is 2.26. The van der Waals surface area contributed by atoms with Crippen molar-refractivity contribution >= 4 is 39.9 Å². The number of nitrogens with zero attached hydrogens (tertiary/aromatic N) is 1. The van der Waals surface area contributed by atoms with Crippen molar-refractivity contribution in [2.24, 2.45) is 5.92 Å². The molecule has 0 saturated heterocycles. The first-order valence-electron chi connectivity index (χ1n) is 12.6. The minimum atomic E-state index is -1.69. The molecule has 0 bridgehead atoms. The van der Waals surface area contributed by atoms with Crippen molar-refractivity contribution in [3.05, 3.63) is 58.9 Å². The Morgan fingerprint density at radius 1 is 1.13 bits per heavy atom. The highest BCUT2D eigenvalue weighted by Crippen LogP contribution is 2.39. The molecular weight excluding hydrogens is 504 g/mol. The van der Waals surface area contributed by atoms with Crippen LogP contribution >= 0.6 is 0 Å². The molecule has 2 aromatic rings. The van der Waals surface area contributed by atoms with Gasteiger partial charge in [-0.1, -0.05) is 31.0 Å². The third-order valence-corrected chi connectivity index (χ3v) is 7.03. The molecule has 0 radical (unpaired) electrons. The molecule has 5 N–H and O–H groups in total. The van der Waals surface area contributed by atoms with Gasteiger partial charge in [0, 0.05) is 12.1 Å². The number of rotatable bonds is 9.